The van der Waals surface area contributed by atoms with E-state index in [4.69, 9.17) is 0 Å². The quantitative estimate of drug-likeness (QED) is 0.846. The summed E-state index contributed by atoms with van der Waals surface area (Å²) >= 11 is 0. The molecule has 0 unspecified atom stereocenters. The van der Waals surface area contributed by atoms with Gasteiger partial charge in [0.2, 0.25) is 0 Å². The van der Waals surface area contributed by atoms with Crippen LogP contribution in [0.25, 0.3) is 0 Å². The zero-order valence-corrected chi connectivity index (χ0v) is 10.8. The number of pyridine rings is 1. The third-order valence-electron chi connectivity index (χ3n) is 2.55. The van der Waals surface area contributed by atoms with Crippen molar-refractivity contribution in [2.75, 3.05) is 0 Å². The SMILES string of the molecule is C[C@@H](Cn1cccn1)NC(=O)NCc1ccccn1. The fraction of sp³-hybridized carbons (Fsp3) is 0.308. The molecule has 0 spiro atoms. The van der Waals surface area contributed by atoms with Crippen LogP contribution in [0.4, 0.5) is 4.79 Å². The molecule has 2 rings (SSSR count). The molecule has 2 amide bonds. The number of carbonyl (C=O) groups is 1. The smallest absolute Gasteiger partial charge is 0.315 e. The second kappa shape index (κ2) is 6.53. The molecule has 2 heterocycles. The summed E-state index contributed by atoms with van der Waals surface area (Å²) in [4.78, 5) is 15.8. The van der Waals surface area contributed by atoms with E-state index in [1.54, 1.807) is 17.1 Å². The zero-order chi connectivity index (χ0) is 13.5. The van der Waals surface area contributed by atoms with Crippen LogP contribution in [-0.4, -0.2) is 26.8 Å². The van der Waals surface area contributed by atoms with Crippen molar-refractivity contribution in [1.29, 1.82) is 0 Å². The first-order chi connectivity index (χ1) is 9.24. The Morgan fingerprint density at radius 2 is 2.26 bits per heavy atom. The number of rotatable bonds is 5. The van der Waals surface area contributed by atoms with Crippen molar-refractivity contribution in [2.45, 2.75) is 26.1 Å². The van der Waals surface area contributed by atoms with Crippen LogP contribution in [0, 0.1) is 0 Å². The van der Waals surface area contributed by atoms with Gasteiger partial charge in [-0.05, 0) is 25.1 Å². The molecule has 1 atom stereocenters. The molecule has 2 aromatic heterocycles. The molecular weight excluding hydrogens is 242 g/mol. The molecule has 0 saturated carbocycles. The minimum atomic E-state index is -0.203. The van der Waals surface area contributed by atoms with E-state index < -0.39 is 0 Å². The Labute approximate surface area is 111 Å². The molecule has 2 N–H and O–H groups in total. The van der Waals surface area contributed by atoms with E-state index in [0.717, 1.165) is 5.69 Å². The largest absolute Gasteiger partial charge is 0.334 e. The van der Waals surface area contributed by atoms with E-state index in [1.165, 1.54) is 0 Å². The van der Waals surface area contributed by atoms with Crippen LogP contribution in [0.15, 0.2) is 42.9 Å². The maximum atomic E-state index is 11.7. The van der Waals surface area contributed by atoms with Gasteiger partial charge in [-0.15, -0.1) is 0 Å². The highest BCUT2D eigenvalue weighted by molar-refractivity contribution is 5.74. The van der Waals surface area contributed by atoms with Crippen LogP contribution in [0.2, 0.25) is 0 Å². The maximum Gasteiger partial charge on any atom is 0.315 e. The maximum absolute atomic E-state index is 11.7. The predicted molar refractivity (Wildman–Crippen MR) is 71.3 cm³/mol. The summed E-state index contributed by atoms with van der Waals surface area (Å²) in [6.45, 7) is 2.99. The number of carbonyl (C=O) groups excluding carboxylic acids is 1. The lowest BCUT2D eigenvalue weighted by molar-refractivity contribution is 0.235. The number of hydrogen-bond donors (Lipinski definition) is 2. The van der Waals surface area contributed by atoms with Gasteiger partial charge in [-0.3, -0.25) is 9.67 Å². The summed E-state index contributed by atoms with van der Waals surface area (Å²) in [6.07, 6.45) is 5.28. The van der Waals surface area contributed by atoms with Crippen LogP contribution in [0.3, 0.4) is 0 Å². The van der Waals surface area contributed by atoms with Gasteiger partial charge >= 0.3 is 6.03 Å². The Morgan fingerprint density at radius 3 is 2.95 bits per heavy atom. The summed E-state index contributed by atoms with van der Waals surface area (Å²) in [5, 5.41) is 9.71. The third kappa shape index (κ3) is 4.42. The van der Waals surface area contributed by atoms with Gasteiger partial charge in [-0.1, -0.05) is 6.07 Å². The first kappa shape index (κ1) is 13.1. The van der Waals surface area contributed by atoms with Crippen LogP contribution in [-0.2, 0) is 13.1 Å². The normalized spacial score (nSPS) is 11.8. The Kier molecular flexibility index (Phi) is 4.49. The van der Waals surface area contributed by atoms with Crippen LogP contribution in [0.1, 0.15) is 12.6 Å². The lowest BCUT2D eigenvalue weighted by atomic mass is 10.3. The van der Waals surface area contributed by atoms with Crippen molar-refractivity contribution < 1.29 is 4.79 Å². The van der Waals surface area contributed by atoms with Crippen molar-refractivity contribution in [1.82, 2.24) is 25.4 Å². The Balaban J connectivity index is 1.72. The molecule has 0 bridgehead atoms. The van der Waals surface area contributed by atoms with Gasteiger partial charge in [0, 0.05) is 24.6 Å². The minimum Gasteiger partial charge on any atom is -0.334 e. The lowest BCUT2D eigenvalue weighted by Crippen LogP contribution is -2.42. The fourth-order valence-corrected chi connectivity index (χ4v) is 1.68. The van der Waals surface area contributed by atoms with Crippen LogP contribution in [0.5, 0.6) is 0 Å². The van der Waals surface area contributed by atoms with Crippen molar-refractivity contribution >= 4 is 6.03 Å². The number of nitrogens with zero attached hydrogens (tertiary/aromatic N) is 3. The summed E-state index contributed by atoms with van der Waals surface area (Å²) in [5.74, 6) is 0. The van der Waals surface area contributed by atoms with E-state index in [-0.39, 0.29) is 12.1 Å². The van der Waals surface area contributed by atoms with Gasteiger partial charge < -0.3 is 10.6 Å². The van der Waals surface area contributed by atoms with Gasteiger partial charge in [-0.2, -0.15) is 5.10 Å². The molecular formula is C13H17N5O. The highest BCUT2D eigenvalue weighted by Gasteiger charge is 2.07. The van der Waals surface area contributed by atoms with Crippen molar-refractivity contribution in [3.05, 3.63) is 48.5 Å². The van der Waals surface area contributed by atoms with Crippen molar-refractivity contribution in [2.24, 2.45) is 0 Å². The third-order valence-corrected chi connectivity index (χ3v) is 2.55. The summed E-state index contributed by atoms with van der Waals surface area (Å²) in [5.41, 5.74) is 0.831. The zero-order valence-electron chi connectivity index (χ0n) is 10.8. The molecule has 0 radical (unpaired) electrons. The molecule has 0 aromatic carbocycles. The van der Waals surface area contributed by atoms with Gasteiger partial charge in [0.1, 0.15) is 0 Å². The Bertz CT molecular complexity index is 497. The van der Waals surface area contributed by atoms with E-state index in [2.05, 4.69) is 20.7 Å². The molecule has 0 aliphatic rings. The fourth-order valence-electron chi connectivity index (χ4n) is 1.68. The van der Waals surface area contributed by atoms with Crippen LogP contribution < -0.4 is 10.6 Å². The Hall–Kier alpha value is -2.37. The van der Waals surface area contributed by atoms with Crippen molar-refractivity contribution in [3.63, 3.8) is 0 Å². The molecule has 2 aromatic rings. The lowest BCUT2D eigenvalue weighted by Gasteiger charge is -2.14. The number of aromatic nitrogens is 3. The summed E-state index contributed by atoms with van der Waals surface area (Å²) in [7, 11) is 0. The van der Waals surface area contributed by atoms with E-state index in [9.17, 15) is 4.79 Å². The monoisotopic (exact) mass is 259 g/mol. The molecule has 19 heavy (non-hydrogen) atoms. The minimum absolute atomic E-state index is 0.00336. The molecule has 100 valence electrons. The average Bonchev–Trinajstić information content (AvgIpc) is 2.90. The van der Waals surface area contributed by atoms with Crippen LogP contribution >= 0.6 is 0 Å². The highest BCUT2D eigenvalue weighted by atomic mass is 16.2. The number of urea groups is 1. The standard InChI is InChI=1S/C13H17N5O/c1-11(10-18-8-4-7-16-18)17-13(19)15-9-12-5-2-3-6-14-12/h2-8,11H,9-10H2,1H3,(H2,15,17,19)/t11-/m0/s1. The van der Waals surface area contributed by atoms with Gasteiger partial charge in [-0.25, -0.2) is 4.79 Å². The number of hydrogen-bond acceptors (Lipinski definition) is 3. The molecule has 0 aliphatic carbocycles. The van der Waals surface area contributed by atoms with Crippen molar-refractivity contribution in [3.8, 4) is 0 Å². The van der Waals surface area contributed by atoms with Gasteiger partial charge in [0.25, 0.3) is 0 Å². The highest BCUT2D eigenvalue weighted by Crippen LogP contribution is 1.93. The molecule has 0 aliphatic heterocycles. The predicted octanol–water partition coefficient (Wildman–Crippen LogP) is 1.17. The number of amides is 2. The molecule has 0 saturated heterocycles. The topological polar surface area (TPSA) is 71.8 Å². The molecule has 6 nitrogen and oxygen atoms in total. The number of nitrogens with one attached hydrogen (secondary N) is 2. The van der Waals surface area contributed by atoms with E-state index in [1.807, 2.05) is 37.4 Å². The first-order valence-electron chi connectivity index (χ1n) is 6.16. The summed E-state index contributed by atoms with van der Waals surface area (Å²) in [6, 6.07) is 7.26. The molecule has 6 heteroatoms. The van der Waals surface area contributed by atoms with E-state index in [0.29, 0.717) is 13.1 Å². The molecule has 0 fully saturated rings. The summed E-state index contributed by atoms with van der Waals surface area (Å²) < 4.78 is 1.78. The van der Waals surface area contributed by atoms with E-state index >= 15 is 0 Å². The first-order valence-corrected chi connectivity index (χ1v) is 6.16. The second-order valence-corrected chi connectivity index (χ2v) is 4.28. The average molecular weight is 259 g/mol. The van der Waals surface area contributed by atoms with Gasteiger partial charge in [0.15, 0.2) is 0 Å². The second-order valence-electron chi connectivity index (χ2n) is 4.28. The van der Waals surface area contributed by atoms with Gasteiger partial charge in [0.05, 0.1) is 18.8 Å². The Morgan fingerprint density at radius 1 is 1.37 bits per heavy atom.